The maximum Gasteiger partial charge on any atom is 0.255 e. The number of aromatic nitrogens is 2. The van der Waals surface area contributed by atoms with E-state index < -0.39 is 0 Å². The van der Waals surface area contributed by atoms with Crippen LogP contribution in [-0.4, -0.2) is 9.97 Å². The first-order chi connectivity index (χ1) is 6.06. The van der Waals surface area contributed by atoms with Crippen LogP contribution in [0.4, 0.5) is 0 Å². The fraction of sp³-hybridized carbons (Fsp3) is 0.556. The van der Waals surface area contributed by atoms with Gasteiger partial charge in [0, 0.05) is 5.56 Å². The van der Waals surface area contributed by atoms with Gasteiger partial charge in [0.15, 0.2) is 0 Å². The molecule has 0 aliphatic rings. The third-order valence-corrected chi connectivity index (χ3v) is 2.10. The van der Waals surface area contributed by atoms with E-state index in [1.807, 2.05) is 20.8 Å². The van der Waals surface area contributed by atoms with Gasteiger partial charge in [-0.15, -0.1) is 0 Å². The average Bonchev–Trinajstić information content (AvgIpc) is 2.02. The van der Waals surface area contributed by atoms with Crippen molar-refractivity contribution < 1.29 is 0 Å². The predicted octanol–water partition coefficient (Wildman–Crippen LogP) is 2.11. The second kappa shape index (κ2) is 3.92. The van der Waals surface area contributed by atoms with E-state index in [2.05, 4.69) is 9.97 Å². The summed E-state index contributed by atoms with van der Waals surface area (Å²) in [6.07, 6.45) is 0.688. The lowest BCUT2D eigenvalue weighted by atomic mass is 10.0. The highest BCUT2D eigenvalue weighted by Crippen LogP contribution is 2.15. The molecule has 0 amide bonds. The molecule has 0 fully saturated rings. The molecule has 1 aromatic heterocycles. The average molecular weight is 201 g/mol. The van der Waals surface area contributed by atoms with E-state index in [1.54, 1.807) is 0 Å². The lowest BCUT2D eigenvalue weighted by Crippen LogP contribution is -2.17. The zero-order valence-electron chi connectivity index (χ0n) is 8.02. The molecule has 0 aromatic carbocycles. The minimum atomic E-state index is -0.119. The normalized spacial score (nSPS) is 10.8. The van der Waals surface area contributed by atoms with Gasteiger partial charge in [0.2, 0.25) is 5.28 Å². The first-order valence-electron chi connectivity index (χ1n) is 4.34. The molecule has 72 valence electrons. The Balaban J connectivity index is 3.38. The molecule has 0 spiro atoms. The Labute approximate surface area is 82.2 Å². The number of rotatable bonds is 2. The van der Waals surface area contributed by atoms with E-state index in [0.29, 0.717) is 6.42 Å². The number of nitrogens with zero attached hydrogens (tertiary/aromatic N) is 1. The molecule has 4 heteroatoms. The molecule has 0 saturated heterocycles. The molecule has 0 bridgehead atoms. The fourth-order valence-electron chi connectivity index (χ4n) is 1.31. The van der Waals surface area contributed by atoms with Crippen LogP contribution in [0, 0.1) is 0 Å². The Hall–Kier alpha value is -0.830. The van der Waals surface area contributed by atoms with E-state index in [1.165, 1.54) is 0 Å². The molecule has 0 aliphatic carbocycles. The van der Waals surface area contributed by atoms with Crippen molar-refractivity contribution in [1.82, 2.24) is 9.97 Å². The van der Waals surface area contributed by atoms with Crippen LogP contribution in [0.25, 0.3) is 0 Å². The summed E-state index contributed by atoms with van der Waals surface area (Å²) in [5.41, 5.74) is 1.42. The molecule has 0 aliphatic heterocycles. The second-order valence-corrected chi connectivity index (χ2v) is 3.59. The zero-order valence-corrected chi connectivity index (χ0v) is 8.77. The molecule has 1 rings (SSSR count). The summed E-state index contributed by atoms with van der Waals surface area (Å²) in [5, 5.41) is 0.172. The highest BCUT2D eigenvalue weighted by Gasteiger charge is 2.11. The number of nitrogens with one attached hydrogen (secondary N) is 1. The van der Waals surface area contributed by atoms with Gasteiger partial charge in [0.05, 0.1) is 5.69 Å². The monoisotopic (exact) mass is 200 g/mol. The molecular weight excluding hydrogens is 188 g/mol. The van der Waals surface area contributed by atoms with Crippen LogP contribution in [0.1, 0.15) is 37.9 Å². The molecule has 0 radical (unpaired) electrons. The van der Waals surface area contributed by atoms with Crippen LogP contribution in [0.3, 0.4) is 0 Å². The van der Waals surface area contributed by atoms with Crippen molar-refractivity contribution in [2.24, 2.45) is 0 Å². The fourth-order valence-corrected chi connectivity index (χ4v) is 1.48. The van der Waals surface area contributed by atoms with Crippen LogP contribution in [-0.2, 0) is 6.42 Å². The molecule has 0 atom stereocenters. The number of hydrogen-bond donors (Lipinski definition) is 1. The highest BCUT2D eigenvalue weighted by molar-refractivity contribution is 6.28. The summed E-state index contributed by atoms with van der Waals surface area (Å²) in [5.74, 6) is 0.231. The lowest BCUT2D eigenvalue weighted by Gasteiger charge is -2.08. The van der Waals surface area contributed by atoms with E-state index >= 15 is 0 Å². The summed E-state index contributed by atoms with van der Waals surface area (Å²) in [4.78, 5) is 18.0. The highest BCUT2D eigenvalue weighted by atomic mass is 35.5. The molecule has 1 aromatic rings. The molecule has 0 unspecified atom stereocenters. The van der Waals surface area contributed by atoms with Gasteiger partial charge in [-0.3, -0.25) is 9.78 Å². The zero-order chi connectivity index (χ0) is 10.0. The number of H-pyrrole nitrogens is 1. The maximum atomic E-state index is 11.4. The van der Waals surface area contributed by atoms with Crippen LogP contribution in [0.5, 0.6) is 0 Å². The second-order valence-electron chi connectivity index (χ2n) is 3.23. The van der Waals surface area contributed by atoms with E-state index in [0.717, 1.165) is 11.3 Å². The molecular formula is C9H13ClN2O. The van der Waals surface area contributed by atoms with Crippen molar-refractivity contribution in [3.63, 3.8) is 0 Å². The van der Waals surface area contributed by atoms with Gasteiger partial charge < -0.3 is 0 Å². The molecule has 0 saturated carbocycles. The summed E-state index contributed by atoms with van der Waals surface area (Å²) in [6.45, 7) is 5.93. The van der Waals surface area contributed by atoms with Crippen molar-refractivity contribution >= 4 is 11.6 Å². The largest absolute Gasteiger partial charge is 0.297 e. The van der Waals surface area contributed by atoms with Crippen molar-refractivity contribution in [1.29, 1.82) is 0 Å². The first kappa shape index (κ1) is 10.3. The van der Waals surface area contributed by atoms with Crippen LogP contribution >= 0.6 is 11.6 Å². The Kier molecular flexibility index (Phi) is 3.09. The van der Waals surface area contributed by atoms with Crippen molar-refractivity contribution in [2.45, 2.75) is 33.1 Å². The van der Waals surface area contributed by atoms with E-state index in [9.17, 15) is 4.79 Å². The summed E-state index contributed by atoms with van der Waals surface area (Å²) in [6, 6.07) is 0. The molecule has 1 N–H and O–H groups in total. The third-order valence-electron chi connectivity index (χ3n) is 1.92. The van der Waals surface area contributed by atoms with Gasteiger partial charge in [-0.05, 0) is 23.9 Å². The predicted molar refractivity (Wildman–Crippen MR) is 53.3 cm³/mol. The SMILES string of the molecule is CCc1c(C(C)C)nc(Cl)[nH]c1=O. The van der Waals surface area contributed by atoms with Crippen molar-refractivity contribution in [3.8, 4) is 0 Å². The van der Waals surface area contributed by atoms with Gasteiger partial charge in [0.25, 0.3) is 5.56 Å². The van der Waals surface area contributed by atoms with Gasteiger partial charge >= 0.3 is 0 Å². The standard InChI is InChI=1S/C9H13ClN2O/c1-4-6-7(5(2)3)11-9(10)12-8(6)13/h5H,4H2,1-3H3,(H,11,12,13). The first-order valence-corrected chi connectivity index (χ1v) is 4.72. The quantitative estimate of drug-likeness (QED) is 0.744. The van der Waals surface area contributed by atoms with Gasteiger partial charge in [-0.1, -0.05) is 20.8 Å². The maximum absolute atomic E-state index is 11.4. The number of halogens is 1. The van der Waals surface area contributed by atoms with Gasteiger partial charge in [-0.2, -0.15) is 0 Å². The Morgan fingerprint density at radius 1 is 1.54 bits per heavy atom. The smallest absolute Gasteiger partial charge is 0.255 e. The van der Waals surface area contributed by atoms with Crippen LogP contribution in [0.15, 0.2) is 4.79 Å². The summed E-state index contributed by atoms with van der Waals surface area (Å²) in [7, 11) is 0. The lowest BCUT2D eigenvalue weighted by molar-refractivity contribution is 0.781. The van der Waals surface area contributed by atoms with Crippen LogP contribution in [0.2, 0.25) is 5.28 Å². The topological polar surface area (TPSA) is 45.8 Å². The van der Waals surface area contributed by atoms with E-state index in [4.69, 9.17) is 11.6 Å². The third kappa shape index (κ3) is 2.10. The summed E-state index contributed by atoms with van der Waals surface area (Å²) >= 11 is 5.66. The Morgan fingerprint density at radius 2 is 2.15 bits per heavy atom. The Morgan fingerprint density at radius 3 is 2.62 bits per heavy atom. The van der Waals surface area contributed by atoms with Gasteiger partial charge in [-0.25, -0.2) is 4.98 Å². The minimum Gasteiger partial charge on any atom is -0.297 e. The molecule has 13 heavy (non-hydrogen) atoms. The number of aromatic amines is 1. The van der Waals surface area contributed by atoms with E-state index in [-0.39, 0.29) is 16.8 Å². The number of hydrogen-bond acceptors (Lipinski definition) is 2. The Bertz CT molecular complexity index is 357. The molecule has 1 heterocycles. The van der Waals surface area contributed by atoms with Crippen LogP contribution < -0.4 is 5.56 Å². The van der Waals surface area contributed by atoms with Crippen molar-refractivity contribution in [3.05, 3.63) is 26.9 Å². The van der Waals surface area contributed by atoms with Crippen molar-refractivity contribution in [2.75, 3.05) is 0 Å². The minimum absolute atomic E-state index is 0.119. The summed E-state index contributed by atoms with van der Waals surface area (Å²) < 4.78 is 0. The molecule has 3 nitrogen and oxygen atoms in total. The van der Waals surface area contributed by atoms with Gasteiger partial charge in [0.1, 0.15) is 0 Å².